The Balaban J connectivity index is 1.40. The lowest BCUT2D eigenvalue weighted by atomic mass is 10.1. The number of tetrazole rings is 1. The van der Waals surface area contributed by atoms with E-state index in [-0.39, 0.29) is 0 Å². The highest BCUT2D eigenvalue weighted by Crippen LogP contribution is 2.21. The molecule has 0 aliphatic rings. The number of benzene rings is 2. The molecule has 2 aromatic heterocycles. The summed E-state index contributed by atoms with van der Waals surface area (Å²) >= 11 is 0. The molecule has 0 saturated carbocycles. The van der Waals surface area contributed by atoms with Gasteiger partial charge in [-0.05, 0) is 48.4 Å². The average Bonchev–Trinajstić information content (AvgIpc) is 3.24. The number of methoxy groups -OCH3 is 1. The molecule has 0 aliphatic heterocycles. The van der Waals surface area contributed by atoms with Crippen molar-refractivity contribution in [2.45, 2.75) is 19.4 Å². The van der Waals surface area contributed by atoms with Gasteiger partial charge in [0.25, 0.3) is 0 Å². The van der Waals surface area contributed by atoms with E-state index in [0.717, 1.165) is 46.5 Å². The number of fused-ring (bicyclic) bond motifs is 1. The first-order valence-electron chi connectivity index (χ1n) is 8.68. The third kappa shape index (κ3) is 4.20. The van der Waals surface area contributed by atoms with Crippen LogP contribution in [0.15, 0.2) is 54.6 Å². The smallest absolute Gasteiger partial charge is 0.174 e. The monoisotopic (exact) mass is 361 g/mol. The second kappa shape index (κ2) is 7.82. The Bertz CT molecular complexity index is 1030. The highest BCUT2D eigenvalue weighted by atomic mass is 16.5. The molecule has 0 bridgehead atoms. The molecule has 0 atom stereocenters. The van der Waals surface area contributed by atoms with E-state index in [2.05, 4.69) is 31.7 Å². The van der Waals surface area contributed by atoms with Crippen LogP contribution in [0.2, 0.25) is 0 Å². The van der Waals surface area contributed by atoms with Crippen LogP contribution in [0, 0.1) is 0 Å². The van der Waals surface area contributed by atoms with Gasteiger partial charge in [0, 0.05) is 11.8 Å². The predicted molar refractivity (Wildman–Crippen MR) is 101 cm³/mol. The summed E-state index contributed by atoms with van der Waals surface area (Å²) in [5.74, 6) is 2.35. The molecule has 0 spiro atoms. The van der Waals surface area contributed by atoms with Crippen molar-refractivity contribution in [2.75, 3.05) is 7.11 Å². The number of aromatic amines is 1. The zero-order chi connectivity index (χ0) is 18.5. The van der Waals surface area contributed by atoms with Gasteiger partial charge in [-0.25, -0.2) is 4.98 Å². The van der Waals surface area contributed by atoms with Crippen molar-refractivity contribution in [1.29, 1.82) is 0 Å². The normalized spacial score (nSPS) is 10.9. The molecule has 4 aromatic rings. The van der Waals surface area contributed by atoms with E-state index in [4.69, 9.17) is 9.47 Å². The summed E-state index contributed by atoms with van der Waals surface area (Å²) in [6.45, 7) is 0.413. The molecule has 0 aliphatic carbocycles. The Hall–Kier alpha value is -3.48. The highest BCUT2D eigenvalue weighted by molar-refractivity contribution is 5.80. The summed E-state index contributed by atoms with van der Waals surface area (Å²) in [4.78, 5) is 4.65. The second-order valence-corrected chi connectivity index (χ2v) is 6.13. The molecule has 0 saturated heterocycles. The fourth-order valence-corrected chi connectivity index (χ4v) is 2.85. The maximum Gasteiger partial charge on any atom is 0.174 e. The number of hydrogen-bond donors (Lipinski definition) is 1. The maximum absolute atomic E-state index is 5.93. The zero-order valence-corrected chi connectivity index (χ0v) is 14.9. The van der Waals surface area contributed by atoms with E-state index in [1.54, 1.807) is 7.11 Å². The van der Waals surface area contributed by atoms with Gasteiger partial charge in [-0.3, -0.25) is 0 Å². The molecule has 27 heavy (non-hydrogen) atoms. The van der Waals surface area contributed by atoms with Crippen molar-refractivity contribution in [2.24, 2.45) is 0 Å². The topological polar surface area (TPSA) is 85.8 Å². The van der Waals surface area contributed by atoms with Crippen LogP contribution in [0.4, 0.5) is 0 Å². The number of aryl methyl sites for hydroxylation is 2. The van der Waals surface area contributed by atoms with Crippen molar-refractivity contribution in [3.63, 3.8) is 0 Å². The molecule has 136 valence electrons. The van der Waals surface area contributed by atoms with Crippen LogP contribution < -0.4 is 9.47 Å². The van der Waals surface area contributed by atoms with Gasteiger partial charge in [-0.1, -0.05) is 23.4 Å². The van der Waals surface area contributed by atoms with Crippen LogP contribution in [0.3, 0.4) is 0 Å². The molecule has 0 amide bonds. The van der Waals surface area contributed by atoms with Crippen molar-refractivity contribution >= 4 is 10.9 Å². The minimum absolute atomic E-state index is 0.413. The number of pyridine rings is 1. The van der Waals surface area contributed by atoms with Gasteiger partial charge in [-0.2, -0.15) is 5.21 Å². The molecule has 7 heteroatoms. The molecular formula is C20H19N5O2. The van der Waals surface area contributed by atoms with E-state index >= 15 is 0 Å². The first-order valence-corrected chi connectivity index (χ1v) is 8.68. The summed E-state index contributed by atoms with van der Waals surface area (Å²) in [5, 5.41) is 15.0. The summed E-state index contributed by atoms with van der Waals surface area (Å²) in [7, 11) is 1.66. The Morgan fingerprint density at radius 3 is 2.78 bits per heavy atom. The lowest BCUT2D eigenvalue weighted by Crippen LogP contribution is -1.99. The Kier molecular flexibility index (Phi) is 4.91. The van der Waals surface area contributed by atoms with Crippen LogP contribution in [-0.2, 0) is 19.4 Å². The highest BCUT2D eigenvalue weighted by Gasteiger charge is 2.04. The van der Waals surface area contributed by atoms with E-state index < -0.39 is 0 Å². The summed E-state index contributed by atoms with van der Waals surface area (Å²) in [6, 6.07) is 17.9. The Labute approximate surface area is 156 Å². The first-order chi connectivity index (χ1) is 13.3. The average molecular weight is 361 g/mol. The van der Waals surface area contributed by atoms with Crippen molar-refractivity contribution in [3.05, 3.63) is 71.7 Å². The molecule has 4 rings (SSSR count). The number of ether oxygens (including phenoxy) is 2. The van der Waals surface area contributed by atoms with Crippen LogP contribution in [-0.4, -0.2) is 32.7 Å². The van der Waals surface area contributed by atoms with E-state index in [1.807, 2.05) is 48.5 Å². The lowest BCUT2D eigenvalue weighted by Gasteiger charge is -2.09. The Morgan fingerprint density at radius 2 is 1.93 bits per heavy atom. The summed E-state index contributed by atoms with van der Waals surface area (Å²) < 4.78 is 11.2. The van der Waals surface area contributed by atoms with Crippen LogP contribution in [0.1, 0.15) is 17.1 Å². The number of rotatable bonds is 7. The second-order valence-electron chi connectivity index (χ2n) is 6.13. The number of aromatic nitrogens is 5. The number of hydrogen-bond acceptors (Lipinski definition) is 6. The largest absolute Gasteiger partial charge is 0.497 e. The van der Waals surface area contributed by atoms with Gasteiger partial charge in [0.2, 0.25) is 0 Å². The van der Waals surface area contributed by atoms with Crippen molar-refractivity contribution < 1.29 is 9.47 Å². The van der Waals surface area contributed by atoms with Crippen LogP contribution in [0.25, 0.3) is 10.9 Å². The van der Waals surface area contributed by atoms with E-state index in [9.17, 15) is 0 Å². The van der Waals surface area contributed by atoms with Gasteiger partial charge in [0.1, 0.15) is 18.1 Å². The van der Waals surface area contributed by atoms with Gasteiger partial charge in [-0.15, -0.1) is 10.2 Å². The quantitative estimate of drug-likeness (QED) is 0.544. The molecule has 0 radical (unpaired) electrons. The number of nitrogens with zero attached hydrogens (tertiary/aromatic N) is 4. The third-order valence-electron chi connectivity index (χ3n) is 4.27. The fourth-order valence-electron chi connectivity index (χ4n) is 2.85. The predicted octanol–water partition coefficient (Wildman–Crippen LogP) is 3.12. The lowest BCUT2D eigenvalue weighted by molar-refractivity contribution is 0.301. The molecule has 0 fully saturated rings. The minimum atomic E-state index is 0.413. The first kappa shape index (κ1) is 17.0. The molecule has 7 nitrogen and oxygen atoms in total. The van der Waals surface area contributed by atoms with E-state index in [0.29, 0.717) is 12.4 Å². The van der Waals surface area contributed by atoms with Crippen molar-refractivity contribution in [3.8, 4) is 11.5 Å². The standard InChI is InChI=1S/C20H19N5O2/c1-26-17-8-9-19-15(12-17)6-7-16(21-19)13-27-18-4-2-3-14(11-18)5-10-20-22-24-25-23-20/h2-4,6-9,11-12H,5,10,13H2,1H3,(H,22,23,24,25). The third-order valence-corrected chi connectivity index (χ3v) is 4.27. The number of H-pyrrole nitrogens is 1. The number of nitrogens with one attached hydrogen (secondary N) is 1. The maximum atomic E-state index is 5.93. The summed E-state index contributed by atoms with van der Waals surface area (Å²) in [5.41, 5.74) is 2.96. The SMILES string of the molecule is COc1ccc2nc(COc3cccc(CCc4nn[nH]n4)c3)ccc2c1. The molecule has 1 N–H and O–H groups in total. The molecule has 0 unspecified atom stereocenters. The van der Waals surface area contributed by atoms with Crippen LogP contribution in [0.5, 0.6) is 11.5 Å². The van der Waals surface area contributed by atoms with Gasteiger partial charge in [0.05, 0.1) is 18.3 Å². The summed E-state index contributed by atoms with van der Waals surface area (Å²) in [6.07, 6.45) is 1.56. The van der Waals surface area contributed by atoms with Crippen molar-refractivity contribution in [1.82, 2.24) is 25.6 Å². The van der Waals surface area contributed by atoms with E-state index in [1.165, 1.54) is 0 Å². The molecule has 2 aromatic carbocycles. The van der Waals surface area contributed by atoms with Gasteiger partial charge < -0.3 is 9.47 Å². The Morgan fingerprint density at radius 1 is 0.963 bits per heavy atom. The molecule has 2 heterocycles. The molecular weight excluding hydrogens is 342 g/mol. The fraction of sp³-hybridized carbons (Fsp3) is 0.200. The van der Waals surface area contributed by atoms with Gasteiger partial charge >= 0.3 is 0 Å². The van der Waals surface area contributed by atoms with Crippen LogP contribution >= 0.6 is 0 Å². The zero-order valence-electron chi connectivity index (χ0n) is 14.9. The van der Waals surface area contributed by atoms with Gasteiger partial charge in [0.15, 0.2) is 5.82 Å². The minimum Gasteiger partial charge on any atom is -0.497 e.